The molecule has 0 fully saturated rings. The normalized spacial score (nSPS) is 11.9. The number of halogens is 12. The molecule has 3 rings (SSSR count). The Bertz CT molecular complexity index is 1310. The van der Waals surface area contributed by atoms with Gasteiger partial charge < -0.3 is 16.3 Å². The molecule has 0 saturated carbocycles. The van der Waals surface area contributed by atoms with Crippen molar-refractivity contribution in [3.05, 3.63) is 69.8 Å². The largest absolute Gasteiger partial charge is 0.314 e. The van der Waals surface area contributed by atoms with Crippen molar-refractivity contribution < 1.29 is 52.7 Å². The van der Waals surface area contributed by atoms with E-state index in [0.29, 0.717) is 0 Å². The van der Waals surface area contributed by atoms with Crippen LogP contribution in [0.3, 0.4) is 0 Å². The van der Waals surface area contributed by atoms with Crippen molar-refractivity contribution in [2.24, 2.45) is 0 Å². The highest BCUT2D eigenvalue weighted by Gasteiger charge is 2.42. The standard InChI is InChI=1S/C24H21F12N6P/c1-40(2)37-19-7(25)13(31)22(14(32)8(19)26)43(23-15(33)9(27)20(38-41(3)4)10(28)16(23)34)24-17(35)11(29)21(39-42(5)6)12(30)18(24)36/h37-39H,1-6H3. The summed E-state index contributed by atoms with van der Waals surface area (Å²) in [6.45, 7) is 0. The van der Waals surface area contributed by atoms with Crippen molar-refractivity contribution in [2.75, 3.05) is 58.6 Å². The smallest absolute Gasteiger partial charge is 0.187 e. The fraction of sp³-hybridized carbons (Fsp3) is 0.250. The first-order valence-electron chi connectivity index (χ1n) is 11.5. The van der Waals surface area contributed by atoms with E-state index in [1.165, 1.54) is 0 Å². The lowest BCUT2D eigenvalue weighted by atomic mass is 10.2. The molecule has 0 aliphatic carbocycles. The van der Waals surface area contributed by atoms with E-state index >= 15 is 52.7 Å². The first-order chi connectivity index (χ1) is 19.8. The Balaban J connectivity index is 2.62. The Morgan fingerprint density at radius 2 is 0.488 bits per heavy atom. The van der Waals surface area contributed by atoms with Crippen LogP contribution in [0.1, 0.15) is 0 Å². The van der Waals surface area contributed by atoms with Crippen LogP contribution >= 0.6 is 7.92 Å². The van der Waals surface area contributed by atoms with Gasteiger partial charge in [0.25, 0.3) is 0 Å². The van der Waals surface area contributed by atoms with Crippen LogP contribution in [0.2, 0.25) is 0 Å². The van der Waals surface area contributed by atoms with Crippen molar-refractivity contribution in [3.8, 4) is 0 Å². The van der Waals surface area contributed by atoms with Gasteiger partial charge in [0.1, 0.15) is 17.1 Å². The minimum absolute atomic E-state index is 0.796. The summed E-state index contributed by atoms with van der Waals surface area (Å²) < 4.78 is 183. The summed E-state index contributed by atoms with van der Waals surface area (Å²) in [5, 5.41) is -4.27. The molecular formula is C24H21F12N6P. The summed E-state index contributed by atoms with van der Waals surface area (Å²) in [5.41, 5.74) is 0.944. The third-order valence-corrected chi connectivity index (χ3v) is 7.92. The Morgan fingerprint density at radius 3 is 0.628 bits per heavy atom. The third-order valence-electron chi connectivity index (χ3n) is 5.40. The summed E-state index contributed by atoms with van der Waals surface area (Å²) in [4.78, 5) is 0. The van der Waals surface area contributed by atoms with Gasteiger partial charge in [-0.1, -0.05) is 0 Å². The second-order valence-electron chi connectivity index (χ2n) is 9.29. The maximum atomic E-state index is 15.5. The summed E-state index contributed by atoms with van der Waals surface area (Å²) in [5.74, 6) is -29.3. The fourth-order valence-electron chi connectivity index (χ4n) is 3.75. The summed E-state index contributed by atoms with van der Waals surface area (Å²) in [6.07, 6.45) is 0. The van der Waals surface area contributed by atoms with Gasteiger partial charge in [0, 0.05) is 50.2 Å². The Kier molecular flexibility index (Phi) is 10.0. The maximum Gasteiger partial charge on any atom is 0.187 e. The van der Waals surface area contributed by atoms with Gasteiger partial charge in [-0.05, 0) is 0 Å². The zero-order chi connectivity index (χ0) is 32.8. The molecule has 6 nitrogen and oxygen atoms in total. The molecule has 0 bridgehead atoms. The average Bonchev–Trinajstić information content (AvgIpc) is 2.92. The van der Waals surface area contributed by atoms with E-state index in [0.717, 1.165) is 57.3 Å². The predicted octanol–water partition coefficient (Wildman–Crippen LogP) is 4.78. The van der Waals surface area contributed by atoms with Crippen LogP contribution in [-0.2, 0) is 0 Å². The number of nitrogens with one attached hydrogen (secondary N) is 3. The van der Waals surface area contributed by atoms with E-state index in [1.807, 2.05) is 16.3 Å². The molecule has 3 N–H and O–H groups in total. The molecule has 0 amide bonds. The zero-order valence-corrected chi connectivity index (χ0v) is 23.7. The summed E-state index contributed by atoms with van der Waals surface area (Å²) >= 11 is 0. The highest BCUT2D eigenvalue weighted by atomic mass is 31.1. The van der Waals surface area contributed by atoms with Gasteiger partial charge in [-0.25, -0.2) is 67.7 Å². The second-order valence-corrected chi connectivity index (χ2v) is 11.3. The maximum absolute atomic E-state index is 15.5. The van der Waals surface area contributed by atoms with Crippen molar-refractivity contribution in [3.63, 3.8) is 0 Å². The van der Waals surface area contributed by atoms with E-state index in [4.69, 9.17) is 0 Å². The predicted molar refractivity (Wildman–Crippen MR) is 137 cm³/mol. The van der Waals surface area contributed by atoms with E-state index in [1.54, 1.807) is 0 Å². The number of hydrogen-bond donors (Lipinski definition) is 3. The van der Waals surface area contributed by atoms with E-state index in [9.17, 15) is 0 Å². The topological polar surface area (TPSA) is 45.8 Å². The van der Waals surface area contributed by atoms with Crippen molar-refractivity contribution in [1.82, 2.24) is 15.0 Å². The monoisotopic (exact) mass is 652 g/mol. The van der Waals surface area contributed by atoms with Crippen molar-refractivity contribution in [1.29, 1.82) is 0 Å². The number of rotatable bonds is 9. The van der Waals surface area contributed by atoms with Crippen molar-refractivity contribution >= 4 is 40.9 Å². The van der Waals surface area contributed by atoms with Gasteiger partial charge >= 0.3 is 0 Å². The molecule has 0 aliphatic heterocycles. The van der Waals surface area contributed by atoms with E-state index < -0.39 is 111 Å². The third kappa shape index (κ3) is 6.01. The quantitative estimate of drug-likeness (QED) is 0.134. The molecule has 0 aliphatic rings. The minimum Gasteiger partial charge on any atom is -0.314 e. The second kappa shape index (κ2) is 12.6. The first kappa shape index (κ1) is 34.0. The van der Waals surface area contributed by atoms with Gasteiger partial charge in [-0.2, -0.15) is 0 Å². The Labute approximate surface area is 237 Å². The molecule has 0 aromatic heterocycles. The van der Waals surface area contributed by atoms with Gasteiger partial charge in [-0.3, -0.25) is 0 Å². The van der Waals surface area contributed by atoms with Gasteiger partial charge in [-0.15, -0.1) is 0 Å². The van der Waals surface area contributed by atoms with Crippen LogP contribution in [0, 0.1) is 69.8 Å². The number of benzene rings is 3. The lowest BCUT2D eigenvalue weighted by Gasteiger charge is -2.26. The average molecular weight is 652 g/mol. The Morgan fingerprint density at radius 1 is 0.326 bits per heavy atom. The molecule has 43 heavy (non-hydrogen) atoms. The van der Waals surface area contributed by atoms with Gasteiger partial charge in [0.05, 0.1) is 15.9 Å². The van der Waals surface area contributed by atoms with Crippen molar-refractivity contribution in [2.45, 2.75) is 0 Å². The molecule has 19 heteroatoms. The van der Waals surface area contributed by atoms with Crippen LogP contribution in [0.25, 0.3) is 0 Å². The van der Waals surface area contributed by atoms with E-state index in [-0.39, 0.29) is 0 Å². The lowest BCUT2D eigenvalue weighted by molar-refractivity contribution is 0.437. The van der Waals surface area contributed by atoms with Crippen LogP contribution in [-0.4, -0.2) is 57.3 Å². The number of anilines is 3. The van der Waals surface area contributed by atoms with Crippen LogP contribution in [0.4, 0.5) is 69.7 Å². The zero-order valence-electron chi connectivity index (χ0n) is 22.8. The first-order valence-corrected chi connectivity index (χ1v) is 12.9. The highest BCUT2D eigenvalue weighted by Crippen LogP contribution is 2.44. The fourth-order valence-corrected chi connectivity index (χ4v) is 6.19. The molecule has 0 spiro atoms. The molecule has 0 saturated heterocycles. The van der Waals surface area contributed by atoms with Crippen LogP contribution < -0.4 is 32.2 Å². The molecule has 3 aromatic carbocycles. The molecular weight excluding hydrogens is 631 g/mol. The highest BCUT2D eigenvalue weighted by molar-refractivity contribution is 7.79. The summed E-state index contributed by atoms with van der Waals surface area (Å²) in [7, 11) is 2.14. The van der Waals surface area contributed by atoms with E-state index in [2.05, 4.69) is 0 Å². The molecule has 0 atom stereocenters. The number of nitrogens with zero attached hydrogens (tertiary/aromatic N) is 3. The van der Waals surface area contributed by atoms with Gasteiger partial charge in [0.15, 0.2) is 69.8 Å². The molecule has 0 radical (unpaired) electrons. The number of hydrazine groups is 3. The molecule has 0 heterocycles. The molecule has 0 unspecified atom stereocenters. The SMILES string of the molecule is CN(C)Nc1c(F)c(F)c(P(c2c(F)c(F)c(NN(C)C)c(F)c2F)c2c(F)c(F)c(NN(C)C)c(F)c2F)c(F)c1F. The Hall–Kier alpha value is -3.47. The minimum atomic E-state index is -4.58. The molecule has 236 valence electrons. The lowest BCUT2D eigenvalue weighted by Crippen LogP contribution is -2.37. The van der Waals surface area contributed by atoms with Gasteiger partial charge in [0.2, 0.25) is 0 Å². The van der Waals surface area contributed by atoms with Crippen LogP contribution in [0.5, 0.6) is 0 Å². The van der Waals surface area contributed by atoms with Crippen LogP contribution in [0.15, 0.2) is 0 Å². The molecule has 3 aromatic rings. The summed E-state index contributed by atoms with van der Waals surface area (Å²) in [6, 6.07) is 0. The number of hydrogen-bond acceptors (Lipinski definition) is 6.